The summed E-state index contributed by atoms with van der Waals surface area (Å²) in [5, 5.41) is 8.92. The summed E-state index contributed by atoms with van der Waals surface area (Å²) in [6.45, 7) is 1.03. The molecule has 1 saturated heterocycles. The van der Waals surface area contributed by atoms with E-state index >= 15 is 0 Å². The number of halogens is 1. The predicted molar refractivity (Wildman–Crippen MR) is 91.3 cm³/mol. The number of anilines is 1. The molecule has 0 unspecified atom stereocenters. The fraction of sp³-hybridized carbons (Fsp3) is 0.278. The van der Waals surface area contributed by atoms with Gasteiger partial charge in [0.05, 0.1) is 12.5 Å². The van der Waals surface area contributed by atoms with Crippen LogP contribution in [0.4, 0.5) is 5.69 Å². The lowest BCUT2D eigenvalue weighted by Gasteiger charge is -2.25. The number of benzene rings is 2. The Hall–Kier alpha value is -1.99. The molecule has 0 aliphatic carbocycles. The maximum atomic E-state index is 8.92. The Morgan fingerprint density at radius 3 is 2.73 bits per heavy atom. The molecule has 1 heterocycles. The number of hydrogen-bond acceptors (Lipinski definition) is 3. The van der Waals surface area contributed by atoms with Crippen LogP contribution in [0.3, 0.4) is 0 Å². The maximum Gasteiger partial charge on any atom is 0.128 e. The third-order valence-corrected chi connectivity index (χ3v) is 4.40. The van der Waals surface area contributed by atoms with E-state index in [9.17, 15) is 0 Å². The molecule has 4 heteroatoms. The lowest BCUT2D eigenvalue weighted by atomic mass is 10.1. The van der Waals surface area contributed by atoms with E-state index in [-0.39, 0.29) is 0 Å². The van der Waals surface area contributed by atoms with E-state index < -0.39 is 0 Å². The molecule has 0 bridgehead atoms. The van der Waals surface area contributed by atoms with Crippen LogP contribution in [0, 0.1) is 11.3 Å². The normalized spacial score (nSPS) is 17.3. The summed E-state index contributed by atoms with van der Waals surface area (Å²) < 4.78 is 6.85. The fourth-order valence-electron chi connectivity index (χ4n) is 2.87. The SMILES string of the molecule is N#CC[C@@H]1CCCN1c1ccc(Oc2cccc(Br)c2)cc1. The zero-order valence-electron chi connectivity index (χ0n) is 12.2. The minimum absolute atomic E-state index is 0.349. The van der Waals surface area contributed by atoms with Crippen molar-refractivity contribution in [3.05, 3.63) is 53.0 Å². The van der Waals surface area contributed by atoms with E-state index in [1.54, 1.807) is 0 Å². The molecule has 0 saturated carbocycles. The number of hydrogen-bond donors (Lipinski definition) is 0. The third kappa shape index (κ3) is 3.42. The Labute approximate surface area is 139 Å². The second kappa shape index (κ2) is 6.85. The zero-order valence-corrected chi connectivity index (χ0v) is 13.8. The third-order valence-electron chi connectivity index (χ3n) is 3.90. The largest absolute Gasteiger partial charge is 0.457 e. The van der Waals surface area contributed by atoms with Gasteiger partial charge in [-0.3, -0.25) is 0 Å². The van der Waals surface area contributed by atoms with Gasteiger partial charge in [0, 0.05) is 22.7 Å². The predicted octanol–water partition coefficient (Wildman–Crippen LogP) is 5.12. The van der Waals surface area contributed by atoms with Gasteiger partial charge in [-0.05, 0) is 55.3 Å². The Balaban J connectivity index is 1.71. The average Bonchev–Trinajstić information content (AvgIpc) is 2.97. The molecule has 0 N–H and O–H groups in total. The lowest BCUT2D eigenvalue weighted by Crippen LogP contribution is -2.28. The summed E-state index contributed by atoms with van der Waals surface area (Å²) >= 11 is 3.44. The first-order chi connectivity index (χ1) is 10.8. The van der Waals surface area contributed by atoms with Crippen molar-refractivity contribution in [1.29, 1.82) is 5.26 Å². The van der Waals surface area contributed by atoms with Crippen molar-refractivity contribution in [2.75, 3.05) is 11.4 Å². The molecule has 3 nitrogen and oxygen atoms in total. The Kier molecular flexibility index (Phi) is 4.65. The molecule has 112 valence electrons. The molecule has 1 aliphatic rings. The van der Waals surface area contributed by atoms with Gasteiger partial charge in [0.2, 0.25) is 0 Å². The first kappa shape index (κ1) is 14.9. The monoisotopic (exact) mass is 356 g/mol. The smallest absolute Gasteiger partial charge is 0.128 e. The topological polar surface area (TPSA) is 36.3 Å². The van der Waals surface area contributed by atoms with Crippen LogP contribution in [0.5, 0.6) is 11.5 Å². The van der Waals surface area contributed by atoms with Crippen LogP contribution >= 0.6 is 15.9 Å². The van der Waals surface area contributed by atoms with Crippen LogP contribution in [0.25, 0.3) is 0 Å². The second-order valence-electron chi connectivity index (χ2n) is 5.41. The average molecular weight is 357 g/mol. The highest BCUT2D eigenvalue weighted by molar-refractivity contribution is 9.10. The van der Waals surface area contributed by atoms with Crippen molar-refractivity contribution in [3.63, 3.8) is 0 Å². The summed E-state index contributed by atoms with van der Waals surface area (Å²) in [5.41, 5.74) is 1.17. The molecule has 22 heavy (non-hydrogen) atoms. The van der Waals surface area contributed by atoms with Gasteiger partial charge < -0.3 is 9.64 Å². The maximum absolute atomic E-state index is 8.92. The zero-order chi connectivity index (χ0) is 15.4. The molecule has 1 aliphatic heterocycles. The van der Waals surface area contributed by atoms with Crippen molar-refractivity contribution < 1.29 is 4.74 Å². The highest BCUT2D eigenvalue weighted by Crippen LogP contribution is 2.30. The standard InChI is InChI=1S/C18H17BrN2O/c19-14-3-1-5-18(13-14)22-17-8-6-16(7-9-17)21-12-2-4-15(21)10-11-20/h1,3,5-9,13,15H,2,4,10,12H2/t15-/m0/s1. The van der Waals surface area contributed by atoms with Gasteiger partial charge in [0.25, 0.3) is 0 Å². The fourth-order valence-corrected chi connectivity index (χ4v) is 3.24. The summed E-state index contributed by atoms with van der Waals surface area (Å²) in [5.74, 6) is 1.63. The van der Waals surface area contributed by atoms with E-state index in [1.807, 2.05) is 36.4 Å². The Morgan fingerprint density at radius 2 is 2.00 bits per heavy atom. The summed E-state index contributed by atoms with van der Waals surface area (Å²) in [7, 11) is 0. The van der Waals surface area contributed by atoms with Gasteiger partial charge in [0.15, 0.2) is 0 Å². The van der Waals surface area contributed by atoms with Crippen molar-refractivity contribution in [3.8, 4) is 17.6 Å². The minimum atomic E-state index is 0.349. The van der Waals surface area contributed by atoms with Gasteiger partial charge in [-0.1, -0.05) is 22.0 Å². The molecule has 1 fully saturated rings. The number of nitrogens with zero attached hydrogens (tertiary/aromatic N) is 2. The Morgan fingerprint density at radius 1 is 1.18 bits per heavy atom. The van der Waals surface area contributed by atoms with Crippen LogP contribution in [0.1, 0.15) is 19.3 Å². The van der Waals surface area contributed by atoms with Gasteiger partial charge in [-0.25, -0.2) is 0 Å². The van der Waals surface area contributed by atoms with Crippen LogP contribution in [-0.2, 0) is 0 Å². The van der Waals surface area contributed by atoms with E-state index in [2.05, 4.69) is 39.0 Å². The van der Waals surface area contributed by atoms with Crippen LogP contribution in [0.2, 0.25) is 0 Å². The minimum Gasteiger partial charge on any atom is -0.457 e. The molecule has 0 aromatic heterocycles. The Bertz CT molecular complexity index is 678. The summed E-state index contributed by atoms with van der Waals surface area (Å²) in [4.78, 5) is 2.33. The van der Waals surface area contributed by atoms with Gasteiger partial charge >= 0.3 is 0 Å². The van der Waals surface area contributed by atoms with Crippen LogP contribution in [-0.4, -0.2) is 12.6 Å². The van der Waals surface area contributed by atoms with E-state index in [1.165, 1.54) is 5.69 Å². The van der Waals surface area contributed by atoms with E-state index in [0.29, 0.717) is 12.5 Å². The first-order valence-electron chi connectivity index (χ1n) is 7.43. The highest BCUT2D eigenvalue weighted by Gasteiger charge is 2.24. The summed E-state index contributed by atoms with van der Waals surface area (Å²) in [6.07, 6.45) is 2.85. The molecule has 3 rings (SSSR count). The molecule has 0 amide bonds. The molecular weight excluding hydrogens is 340 g/mol. The van der Waals surface area contributed by atoms with Gasteiger partial charge in [-0.15, -0.1) is 0 Å². The van der Waals surface area contributed by atoms with Crippen molar-refractivity contribution in [2.24, 2.45) is 0 Å². The first-order valence-corrected chi connectivity index (χ1v) is 8.22. The quantitative estimate of drug-likeness (QED) is 0.762. The molecule has 2 aromatic carbocycles. The van der Waals surface area contributed by atoms with Gasteiger partial charge in [-0.2, -0.15) is 5.26 Å². The molecule has 1 atom stereocenters. The molecule has 2 aromatic rings. The molecular formula is C18H17BrN2O. The summed E-state index contributed by atoms with van der Waals surface area (Å²) in [6, 6.07) is 18.5. The second-order valence-corrected chi connectivity index (χ2v) is 6.32. The van der Waals surface area contributed by atoms with Gasteiger partial charge in [0.1, 0.15) is 11.5 Å². The van der Waals surface area contributed by atoms with Crippen molar-refractivity contribution in [2.45, 2.75) is 25.3 Å². The molecule has 0 radical (unpaired) electrons. The van der Waals surface area contributed by atoms with E-state index in [4.69, 9.17) is 10.00 Å². The number of ether oxygens (including phenoxy) is 1. The van der Waals surface area contributed by atoms with Crippen LogP contribution in [0.15, 0.2) is 53.0 Å². The number of nitriles is 1. The van der Waals surface area contributed by atoms with Crippen molar-refractivity contribution >= 4 is 21.6 Å². The number of rotatable bonds is 4. The lowest BCUT2D eigenvalue weighted by molar-refractivity contribution is 0.482. The highest BCUT2D eigenvalue weighted by atomic mass is 79.9. The van der Waals surface area contributed by atoms with Crippen molar-refractivity contribution in [1.82, 2.24) is 0 Å². The molecule has 0 spiro atoms. The van der Waals surface area contributed by atoms with E-state index in [0.717, 1.165) is 35.4 Å². The van der Waals surface area contributed by atoms with Crippen LogP contribution < -0.4 is 9.64 Å².